The van der Waals surface area contributed by atoms with E-state index in [9.17, 15) is 43.5 Å². The van der Waals surface area contributed by atoms with E-state index in [2.05, 4.69) is 31.5 Å². The third kappa shape index (κ3) is 19.6. The summed E-state index contributed by atoms with van der Waals surface area (Å²) in [6.07, 6.45) is 1.25. The lowest BCUT2D eigenvalue weighted by Gasteiger charge is -2.33. The number of carbonyl (C=O) groups excluding carboxylic acids is 8. The van der Waals surface area contributed by atoms with Gasteiger partial charge in [0, 0.05) is 63.5 Å². The maximum Gasteiger partial charge on any atom is 0.312 e. The molecule has 3 rings (SSSR count). The minimum absolute atomic E-state index is 0.0348. The van der Waals surface area contributed by atoms with Crippen LogP contribution in [0.3, 0.4) is 0 Å². The van der Waals surface area contributed by atoms with Crippen LogP contribution in [0.15, 0.2) is 36.4 Å². The Balaban J connectivity index is 1.32. The van der Waals surface area contributed by atoms with E-state index in [1.54, 1.807) is 43.0 Å². The van der Waals surface area contributed by atoms with Gasteiger partial charge in [-0.1, -0.05) is 26.0 Å². The predicted octanol–water partition coefficient (Wildman–Crippen LogP) is -2.00. The van der Waals surface area contributed by atoms with Gasteiger partial charge >= 0.3 is 6.03 Å². The molecule has 0 spiro atoms. The molecule has 3 atom stereocenters. The van der Waals surface area contributed by atoms with Crippen LogP contribution in [0.5, 0.6) is 0 Å². The van der Waals surface area contributed by atoms with Gasteiger partial charge in [-0.25, -0.2) is 4.79 Å². The zero-order chi connectivity index (χ0) is 46.1. The van der Waals surface area contributed by atoms with E-state index in [0.717, 1.165) is 17.1 Å². The lowest BCUT2D eigenvalue weighted by atomic mass is 10.0. The normalized spacial score (nSPS) is 15.5. The molecule has 1 fully saturated rings. The number of ether oxygens (including phenoxy) is 4. The summed E-state index contributed by atoms with van der Waals surface area (Å²) in [6.45, 7) is 7.90. The number of nitrogens with zero attached hydrogens (tertiary/aromatic N) is 3. The number of aliphatic hydroxyl groups is 1. The van der Waals surface area contributed by atoms with E-state index in [0.29, 0.717) is 63.7 Å². The standard InChI is InChI=1S/C41H63N9O13/c1-28(2)36(47-32(51)12-19-60-21-23-62-25-26-63-24-22-61-20-14-43-33(52)27-50-34(53)10-11-35(50)54)39(57)46-31(5-4-13-44-41(42)59)38(56)45-30-8-6-29(7-9-30)37(55)40(58)49-17-15-48(3)16-18-49/h6-11,28,31,36-37,55H,4-5,12-27H2,1-3H3,(H,43,52)(H,45,56)(H,46,57)(H,47,51)(H3,42,44,59)/t31-,36?,37?/m0/s1. The SMILES string of the molecule is CC(C)C(NC(=O)CCOCCOCCOCCOCCNC(=O)CN1C(=O)C=CC1=O)C(=O)N[C@@H](CCCNC(N)=O)C(=O)Nc1ccc(C(O)C(=O)N2CCN(C)CC2)cc1. The third-order valence-electron chi connectivity index (χ3n) is 9.77. The van der Waals surface area contributed by atoms with Crippen molar-refractivity contribution in [1.82, 2.24) is 36.0 Å². The molecule has 2 aliphatic rings. The molecule has 0 radical (unpaired) electrons. The lowest BCUT2D eigenvalue weighted by molar-refractivity contribution is -0.142. The summed E-state index contributed by atoms with van der Waals surface area (Å²) in [4.78, 5) is 103. The smallest absolute Gasteiger partial charge is 0.312 e. The molecule has 0 aliphatic carbocycles. The number of likely N-dealkylation sites (N-methyl/N-ethyl adjacent to an activating group) is 1. The van der Waals surface area contributed by atoms with Crippen molar-refractivity contribution in [2.24, 2.45) is 11.7 Å². The largest absolute Gasteiger partial charge is 0.379 e. The Hall–Kier alpha value is -5.52. The molecule has 0 aromatic heterocycles. The number of benzene rings is 1. The highest BCUT2D eigenvalue weighted by Crippen LogP contribution is 2.20. The Labute approximate surface area is 366 Å². The summed E-state index contributed by atoms with van der Waals surface area (Å²) < 4.78 is 21.8. The van der Waals surface area contributed by atoms with Crippen molar-refractivity contribution < 1.29 is 62.4 Å². The van der Waals surface area contributed by atoms with Crippen molar-refractivity contribution in [3.8, 4) is 0 Å². The van der Waals surface area contributed by atoms with E-state index >= 15 is 0 Å². The zero-order valence-corrected chi connectivity index (χ0v) is 36.3. The van der Waals surface area contributed by atoms with Gasteiger partial charge < -0.3 is 66.2 Å². The fourth-order valence-electron chi connectivity index (χ4n) is 6.12. The van der Waals surface area contributed by atoms with Crippen LogP contribution in [0.1, 0.15) is 44.8 Å². The molecule has 22 nitrogen and oxygen atoms in total. The fraction of sp³-hybridized carbons (Fsp3) is 0.610. The average molecular weight is 890 g/mol. The van der Waals surface area contributed by atoms with Gasteiger partial charge in [0.25, 0.3) is 17.7 Å². The summed E-state index contributed by atoms with van der Waals surface area (Å²) in [7, 11) is 1.97. The molecule has 1 aromatic rings. The number of rotatable bonds is 29. The number of hydrogen-bond acceptors (Lipinski definition) is 14. The van der Waals surface area contributed by atoms with Crippen LogP contribution in [0.4, 0.5) is 10.5 Å². The Kier molecular flexibility index (Phi) is 23.2. The highest BCUT2D eigenvalue weighted by molar-refractivity contribution is 6.14. The van der Waals surface area contributed by atoms with Crippen LogP contribution in [0.2, 0.25) is 0 Å². The highest BCUT2D eigenvalue weighted by atomic mass is 16.6. The number of piperazine rings is 1. The minimum atomic E-state index is -1.36. The second-order valence-electron chi connectivity index (χ2n) is 15.1. The number of imide groups is 1. The van der Waals surface area contributed by atoms with Crippen LogP contribution in [-0.2, 0) is 52.5 Å². The van der Waals surface area contributed by atoms with Gasteiger partial charge in [0.05, 0.1) is 52.9 Å². The first kappa shape index (κ1) is 51.8. The number of amides is 9. The van der Waals surface area contributed by atoms with Gasteiger partial charge in [-0.2, -0.15) is 0 Å². The lowest BCUT2D eigenvalue weighted by Crippen LogP contribution is -2.54. The van der Waals surface area contributed by atoms with Crippen molar-refractivity contribution >= 4 is 53.1 Å². The maximum absolute atomic E-state index is 13.5. The number of hydrogen-bond donors (Lipinski definition) is 7. The molecule has 2 heterocycles. The molecule has 1 saturated heterocycles. The Bertz CT molecular complexity index is 1690. The van der Waals surface area contributed by atoms with Gasteiger partial charge in [-0.05, 0) is 43.5 Å². The van der Waals surface area contributed by atoms with E-state index < -0.39 is 65.6 Å². The van der Waals surface area contributed by atoms with Crippen LogP contribution >= 0.6 is 0 Å². The molecule has 0 bridgehead atoms. The molecular weight excluding hydrogens is 827 g/mol. The monoisotopic (exact) mass is 889 g/mol. The minimum Gasteiger partial charge on any atom is -0.379 e. The van der Waals surface area contributed by atoms with Crippen molar-refractivity contribution in [2.75, 3.05) is 111 Å². The van der Waals surface area contributed by atoms with Gasteiger partial charge in [-0.15, -0.1) is 0 Å². The van der Waals surface area contributed by atoms with E-state index in [1.807, 2.05) is 7.05 Å². The summed E-state index contributed by atoms with van der Waals surface area (Å²) in [5.74, 6) is -3.84. The number of aliphatic hydroxyl groups excluding tert-OH is 1. The Morgan fingerprint density at radius 3 is 1.87 bits per heavy atom. The number of anilines is 1. The molecule has 8 N–H and O–H groups in total. The van der Waals surface area contributed by atoms with Crippen LogP contribution < -0.4 is 32.3 Å². The van der Waals surface area contributed by atoms with Crippen molar-refractivity contribution in [3.05, 3.63) is 42.0 Å². The first-order valence-electron chi connectivity index (χ1n) is 21.0. The average Bonchev–Trinajstić information content (AvgIpc) is 3.56. The van der Waals surface area contributed by atoms with Gasteiger partial charge in [-0.3, -0.25) is 38.5 Å². The summed E-state index contributed by atoms with van der Waals surface area (Å²) in [5, 5.41) is 23.9. The van der Waals surface area contributed by atoms with E-state index in [-0.39, 0.29) is 71.4 Å². The van der Waals surface area contributed by atoms with E-state index in [4.69, 9.17) is 24.7 Å². The Morgan fingerprint density at radius 1 is 0.730 bits per heavy atom. The molecule has 63 heavy (non-hydrogen) atoms. The van der Waals surface area contributed by atoms with Crippen LogP contribution in [-0.4, -0.2) is 185 Å². The second kappa shape index (κ2) is 28.2. The highest BCUT2D eigenvalue weighted by Gasteiger charge is 2.30. The number of nitrogens with one attached hydrogen (secondary N) is 5. The van der Waals surface area contributed by atoms with Crippen molar-refractivity contribution in [1.29, 1.82) is 0 Å². The second-order valence-corrected chi connectivity index (χ2v) is 15.1. The number of urea groups is 1. The topological polar surface area (TPSA) is 290 Å². The summed E-state index contributed by atoms with van der Waals surface area (Å²) >= 11 is 0. The summed E-state index contributed by atoms with van der Waals surface area (Å²) in [5.41, 5.74) is 5.89. The molecular formula is C41H63N9O13. The van der Waals surface area contributed by atoms with Crippen LogP contribution in [0, 0.1) is 5.92 Å². The quantitative estimate of drug-likeness (QED) is 0.0339. The third-order valence-corrected chi connectivity index (χ3v) is 9.77. The first-order valence-corrected chi connectivity index (χ1v) is 21.0. The van der Waals surface area contributed by atoms with Gasteiger partial charge in [0.2, 0.25) is 23.6 Å². The molecule has 22 heteroatoms. The van der Waals surface area contributed by atoms with Crippen molar-refractivity contribution in [3.63, 3.8) is 0 Å². The fourth-order valence-corrected chi connectivity index (χ4v) is 6.12. The molecule has 2 unspecified atom stereocenters. The van der Waals surface area contributed by atoms with Crippen molar-refractivity contribution in [2.45, 2.75) is 51.3 Å². The van der Waals surface area contributed by atoms with Crippen LogP contribution in [0.25, 0.3) is 0 Å². The van der Waals surface area contributed by atoms with E-state index in [1.165, 1.54) is 0 Å². The molecule has 350 valence electrons. The van der Waals surface area contributed by atoms with Gasteiger partial charge in [0.15, 0.2) is 6.10 Å². The predicted molar refractivity (Wildman–Crippen MR) is 226 cm³/mol. The summed E-state index contributed by atoms with van der Waals surface area (Å²) in [6, 6.07) is 3.41. The first-order chi connectivity index (χ1) is 30.2. The van der Waals surface area contributed by atoms with Gasteiger partial charge in [0.1, 0.15) is 18.6 Å². The molecule has 0 saturated carbocycles. The molecule has 2 aliphatic heterocycles. The zero-order valence-electron chi connectivity index (χ0n) is 36.3. The number of primary amides is 1. The Morgan fingerprint density at radius 2 is 1.30 bits per heavy atom. The number of carbonyl (C=O) groups is 8. The molecule has 1 aromatic carbocycles. The number of nitrogens with two attached hydrogens (primary N) is 1. The molecule has 9 amide bonds. The maximum atomic E-state index is 13.5.